The standard InChI is InChI=1S/C24H30N4O2S/c29-23(28-14-12-19(13-15-28)17-18-5-2-1-3-6-18)7-4-16-31-22-11-10-21(26-27-22)25-24(30)20-8-9-20/h1-3,5-6,10-11,19-20H,4,7-9,12-17H2,(H,25,26,30). The van der Waals surface area contributed by atoms with Crippen LogP contribution < -0.4 is 5.32 Å². The van der Waals surface area contributed by atoms with Crippen molar-refractivity contribution in [1.82, 2.24) is 15.1 Å². The molecule has 2 fully saturated rings. The second-order valence-corrected chi connectivity index (χ2v) is 9.60. The summed E-state index contributed by atoms with van der Waals surface area (Å²) in [7, 11) is 0. The number of nitrogens with one attached hydrogen (secondary N) is 1. The molecular weight excluding hydrogens is 408 g/mol. The molecule has 1 N–H and O–H groups in total. The first-order valence-electron chi connectivity index (χ1n) is 11.3. The summed E-state index contributed by atoms with van der Waals surface area (Å²) in [6.45, 7) is 1.76. The number of nitrogens with zero attached hydrogens (tertiary/aromatic N) is 3. The predicted octanol–water partition coefficient (Wildman–Crippen LogP) is 4.18. The Labute approximate surface area is 188 Å². The van der Waals surface area contributed by atoms with Crippen molar-refractivity contribution in [3.63, 3.8) is 0 Å². The van der Waals surface area contributed by atoms with E-state index in [1.54, 1.807) is 17.8 Å². The largest absolute Gasteiger partial charge is 0.343 e. The highest BCUT2D eigenvalue weighted by molar-refractivity contribution is 7.99. The lowest BCUT2D eigenvalue weighted by Gasteiger charge is -2.32. The highest BCUT2D eigenvalue weighted by atomic mass is 32.2. The molecule has 1 aliphatic heterocycles. The Kier molecular flexibility index (Phi) is 7.57. The van der Waals surface area contributed by atoms with Crippen molar-refractivity contribution in [2.45, 2.75) is 50.0 Å². The number of amides is 2. The molecule has 164 valence electrons. The molecule has 2 heterocycles. The van der Waals surface area contributed by atoms with Crippen LogP contribution in [0.4, 0.5) is 5.82 Å². The van der Waals surface area contributed by atoms with Crippen LogP contribution in [0, 0.1) is 11.8 Å². The summed E-state index contributed by atoms with van der Waals surface area (Å²) in [6, 6.07) is 14.3. The van der Waals surface area contributed by atoms with Gasteiger partial charge in [-0.2, -0.15) is 0 Å². The maximum Gasteiger partial charge on any atom is 0.228 e. The van der Waals surface area contributed by atoms with Crippen LogP contribution in [0.15, 0.2) is 47.5 Å². The van der Waals surface area contributed by atoms with Gasteiger partial charge in [-0.1, -0.05) is 30.3 Å². The zero-order valence-electron chi connectivity index (χ0n) is 17.8. The Morgan fingerprint density at radius 2 is 1.77 bits per heavy atom. The molecule has 2 amide bonds. The SMILES string of the molecule is O=C(Nc1ccc(SCCCC(=O)N2CCC(Cc3ccccc3)CC2)nn1)C1CC1. The van der Waals surface area contributed by atoms with E-state index in [1.165, 1.54) is 5.56 Å². The summed E-state index contributed by atoms with van der Waals surface area (Å²) >= 11 is 1.60. The van der Waals surface area contributed by atoms with Crippen molar-refractivity contribution in [2.75, 3.05) is 24.2 Å². The molecule has 0 bridgehead atoms. The van der Waals surface area contributed by atoms with Gasteiger partial charge in [0.1, 0.15) is 5.03 Å². The Bertz CT molecular complexity index is 863. The molecule has 2 aliphatic rings. The molecule has 0 atom stereocenters. The first-order valence-corrected chi connectivity index (χ1v) is 12.2. The molecule has 31 heavy (non-hydrogen) atoms. The van der Waals surface area contributed by atoms with Gasteiger partial charge in [-0.25, -0.2) is 0 Å². The quantitative estimate of drug-likeness (QED) is 0.470. The lowest BCUT2D eigenvalue weighted by atomic mass is 9.90. The summed E-state index contributed by atoms with van der Waals surface area (Å²) in [5.41, 5.74) is 1.39. The molecule has 1 aliphatic carbocycles. The Morgan fingerprint density at radius 1 is 1.00 bits per heavy atom. The smallest absolute Gasteiger partial charge is 0.228 e. The molecule has 4 rings (SSSR count). The molecule has 0 radical (unpaired) electrons. The normalized spacial score (nSPS) is 16.8. The average molecular weight is 439 g/mol. The van der Waals surface area contributed by atoms with E-state index < -0.39 is 0 Å². The second-order valence-electron chi connectivity index (χ2n) is 8.49. The molecular formula is C24H30N4O2S. The van der Waals surface area contributed by atoms with E-state index in [2.05, 4.69) is 45.8 Å². The van der Waals surface area contributed by atoms with Crippen LogP contribution in [0.1, 0.15) is 44.1 Å². The van der Waals surface area contributed by atoms with Crippen molar-refractivity contribution in [3.05, 3.63) is 48.0 Å². The van der Waals surface area contributed by atoms with Crippen LogP contribution in [0.2, 0.25) is 0 Å². The fourth-order valence-corrected chi connectivity index (χ4v) is 4.69. The average Bonchev–Trinajstić information content (AvgIpc) is 3.65. The van der Waals surface area contributed by atoms with Crippen LogP contribution in [0.25, 0.3) is 0 Å². The molecule has 0 spiro atoms. The molecule has 1 saturated heterocycles. The second kappa shape index (κ2) is 10.8. The predicted molar refractivity (Wildman–Crippen MR) is 123 cm³/mol. The van der Waals surface area contributed by atoms with Crippen molar-refractivity contribution >= 4 is 29.4 Å². The molecule has 2 aromatic rings. The van der Waals surface area contributed by atoms with Gasteiger partial charge < -0.3 is 10.2 Å². The van der Waals surface area contributed by atoms with Crippen molar-refractivity contribution < 1.29 is 9.59 Å². The van der Waals surface area contributed by atoms with E-state index in [9.17, 15) is 9.59 Å². The first kappa shape index (κ1) is 21.8. The molecule has 0 unspecified atom stereocenters. The van der Waals surface area contributed by atoms with Gasteiger partial charge >= 0.3 is 0 Å². The Morgan fingerprint density at radius 3 is 2.45 bits per heavy atom. The Balaban J connectivity index is 1.10. The summed E-state index contributed by atoms with van der Waals surface area (Å²) in [5.74, 6) is 2.48. The van der Waals surface area contributed by atoms with E-state index in [0.29, 0.717) is 18.2 Å². The topological polar surface area (TPSA) is 75.2 Å². The third-order valence-corrected chi connectivity index (χ3v) is 6.97. The van der Waals surface area contributed by atoms with Gasteiger partial charge in [-0.15, -0.1) is 22.0 Å². The molecule has 1 saturated carbocycles. The number of aromatic nitrogens is 2. The molecule has 6 nitrogen and oxygen atoms in total. The molecule has 7 heteroatoms. The molecule has 1 aromatic heterocycles. The van der Waals surface area contributed by atoms with E-state index in [-0.39, 0.29) is 17.7 Å². The number of likely N-dealkylation sites (tertiary alicyclic amines) is 1. The highest BCUT2D eigenvalue weighted by Gasteiger charge is 2.29. The minimum absolute atomic E-state index is 0.0392. The number of hydrogen-bond donors (Lipinski definition) is 1. The van der Waals surface area contributed by atoms with Gasteiger partial charge in [0.2, 0.25) is 11.8 Å². The fourth-order valence-electron chi connectivity index (χ4n) is 3.93. The van der Waals surface area contributed by atoms with Gasteiger partial charge in [0, 0.05) is 31.2 Å². The number of piperidine rings is 1. The van der Waals surface area contributed by atoms with Crippen LogP contribution in [0.3, 0.4) is 0 Å². The summed E-state index contributed by atoms with van der Waals surface area (Å²) in [4.78, 5) is 26.3. The number of thioether (sulfide) groups is 1. The van der Waals surface area contributed by atoms with Crippen molar-refractivity contribution in [1.29, 1.82) is 0 Å². The lowest BCUT2D eigenvalue weighted by molar-refractivity contribution is -0.132. The van der Waals surface area contributed by atoms with Gasteiger partial charge in [0.15, 0.2) is 5.82 Å². The van der Waals surface area contributed by atoms with E-state index in [4.69, 9.17) is 0 Å². The number of carbonyl (C=O) groups excluding carboxylic acids is 2. The summed E-state index contributed by atoms with van der Waals surface area (Å²) in [5, 5.41) is 11.9. The number of rotatable bonds is 9. The van der Waals surface area contributed by atoms with Crippen molar-refractivity contribution in [2.24, 2.45) is 11.8 Å². The van der Waals surface area contributed by atoms with Gasteiger partial charge in [0.05, 0.1) is 0 Å². The number of benzene rings is 1. The third-order valence-electron chi connectivity index (χ3n) is 5.96. The third kappa shape index (κ3) is 6.79. The lowest BCUT2D eigenvalue weighted by Crippen LogP contribution is -2.38. The minimum atomic E-state index is 0.0392. The Hall–Kier alpha value is -2.41. The van der Waals surface area contributed by atoms with Crippen molar-refractivity contribution in [3.8, 4) is 0 Å². The van der Waals surface area contributed by atoms with E-state index >= 15 is 0 Å². The maximum absolute atomic E-state index is 12.5. The van der Waals surface area contributed by atoms with Crippen LogP contribution in [-0.2, 0) is 16.0 Å². The summed E-state index contributed by atoms with van der Waals surface area (Å²) in [6.07, 6.45) is 6.65. The molecule has 1 aromatic carbocycles. The van der Waals surface area contributed by atoms with E-state index in [1.807, 2.05) is 11.0 Å². The van der Waals surface area contributed by atoms with Gasteiger partial charge in [-0.05, 0) is 62.1 Å². The first-order chi connectivity index (χ1) is 15.2. The van der Waals surface area contributed by atoms with Crippen LogP contribution in [0.5, 0.6) is 0 Å². The summed E-state index contributed by atoms with van der Waals surface area (Å²) < 4.78 is 0. The zero-order chi connectivity index (χ0) is 21.5. The monoisotopic (exact) mass is 438 g/mol. The van der Waals surface area contributed by atoms with Gasteiger partial charge in [-0.3, -0.25) is 9.59 Å². The number of carbonyl (C=O) groups is 2. The minimum Gasteiger partial charge on any atom is -0.343 e. The number of anilines is 1. The van der Waals surface area contributed by atoms with E-state index in [0.717, 1.165) is 62.4 Å². The highest BCUT2D eigenvalue weighted by Crippen LogP contribution is 2.30. The van der Waals surface area contributed by atoms with Crippen LogP contribution >= 0.6 is 11.8 Å². The van der Waals surface area contributed by atoms with Crippen LogP contribution in [-0.4, -0.2) is 45.8 Å². The zero-order valence-corrected chi connectivity index (χ0v) is 18.7. The van der Waals surface area contributed by atoms with Gasteiger partial charge in [0.25, 0.3) is 0 Å². The number of hydrogen-bond acceptors (Lipinski definition) is 5. The maximum atomic E-state index is 12.5. The fraction of sp³-hybridized carbons (Fsp3) is 0.500.